The topological polar surface area (TPSA) is 43.8 Å². The molecule has 0 saturated heterocycles. The van der Waals surface area contributed by atoms with Crippen molar-refractivity contribution < 1.29 is 0 Å². The summed E-state index contributed by atoms with van der Waals surface area (Å²) in [6, 6.07) is 0. The van der Waals surface area contributed by atoms with Gasteiger partial charge in [0.2, 0.25) is 5.14 Å². The fourth-order valence-corrected chi connectivity index (χ4v) is 0.122. The summed E-state index contributed by atoms with van der Waals surface area (Å²) in [4.78, 5) is 0. The number of hydrogen-bond donors (Lipinski definition) is 1. The summed E-state index contributed by atoms with van der Waals surface area (Å²) >= 11 is 0. The largest absolute Gasteiger partial charge is 0.545 e. The molecule has 0 aromatic heterocycles. The Morgan fingerprint density at radius 3 is 2.40 bits per heavy atom. The van der Waals surface area contributed by atoms with Gasteiger partial charge in [0.1, 0.15) is 0 Å². The predicted octanol–water partition coefficient (Wildman–Crippen LogP) is -1.07. The fraction of sp³-hybridized carbons (Fsp3) is 0. The van der Waals surface area contributed by atoms with Crippen LogP contribution in [-0.4, -0.2) is 10.4 Å². The number of diazo groups is 1. The molecule has 1 N–H and O–H groups in total. The second-order valence-electron chi connectivity index (χ2n) is 0.405. The molecule has 0 fully saturated rings. The highest BCUT2D eigenvalue weighted by Crippen LogP contribution is 1.51. The van der Waals surface area contributed by atoms with Gasteiger partial charge in [-0.1, -0.05) is 0 Å². The Balaban J connectivity index is 2.81. The van der Waals surface area contributed by atoms with Gasteiger partial charge in [-0.25, -0.2) is 0 Å². The van der Waals surface area contributed by atoms with Crippen molar-refractivity contribution in [2.45, 2.75) is 0 Å². The minimum absolute atomic E-state index is 0.688. The van der Waals surface area contributed by atoms with Gasteiger partial charge in [0.05, 0.1) is 0 Å². The molecule has 28 valence electrons. The summed E-state index contributed by atoms with van der Waals surface area (Å²) in [6.07, 6.45) is 0. The van der Waals surface area contributed by atoms with Crippen molar-refractivity contribution in [1.82, 2.24) is 5.09 Å². The van der Waals surface area contributed by atoms with Crippen LogP contribution in [-0.2, 0) is 0 Å². The number of rotatable bonds is 0. The Kier molecular flexibility index (Phi) is 2.74. The highest BCUT2D eigenvalue weighted by Gasteiger charge is 1.73. The monoisotopic (exact) mass is 90.0 g/mol. The van der Waals surface area contributed by atoms with Gasteiger partial charge in [-0.3, -0.25) is 0 Å². The molecule has 0 saturated carbocycles. The molecule has 0 aliphatic carbocycles. The van der Waals surface area contributed by atoms with Crippen molar-refractivity contribution in [1.29, 1.82) is 0 Å². The molecule has 0 amide bonds. The molecular formula is H4N3OSi+. The number of hydrogen-bond acceptors (Lipinski definition) is 2. The maximum Gasteiger partial charge on any atom is 0.452 e. The van der Waals surface area contributed by atoms with Gasteiger partial charge < -0.3 is 5.21 Å². The Morgan fingerprint density at radius 2 is 2.40 bits per heavy atom. The molecule has 0 aliphatic rings. The van der Waals surface area contributed by atoms with Crippen LogP contribution in [0.4, 0.5) is 0 Å². The predicted molar refractivity (Wildman–Crippen MR) is 23.2 cm³/mol. The van der Waals surface area contributed by atoms with Crippen LogP contribution in [0.3, 0.4) is 0 Å². The third-order valence-corrected chi connectivity index (χ3v) is 0.341. The first-order valence-corrected chi connectivity index (χ1v) is 2.11. The molecule has 0 spiro atoms. The molecule has 4 nitrogen and oxygen atoms in total. The molecule has 0 rings (SSSR count). The van der Waals surface area contributed by atoms with E-state index < -0.39 is 0 Å². The zero-order valence-corrected chi connectivity index (χ0v) is 4.80. The maximum absolute atomic E-state index is 8.95. The average molecular weight is 90.1 g/mol. The third-order valence-electron chi connectivity index (χ3n) is 0.141. The van der Waals surface area contributed by atoms with Crippen molar-refractivity contribution in [3.8, 4) is 0 Å². The Morgan fingerprint density at radius 1 is 1.80 bits per heavy atom. The molecule has 5 heavy (non-hydrogen) atoms. The molecule has 0 heterocycles. The normalized spacial score (nSPS) is 4.80. The lowest BCUT2D eigenvalue weighted by molar-refractivity contribution is 1.38. The zero-order valence-electron chi connectivity index (χ0n) is 2.80. The third kappa shape index (κ3) is 3.24. The van der Waals surface area contributed by atoms with Crippen molar-refractivity contribution >= 4 is 10.4 Å². The van der Waals surface area contributed by atoms with Crippen LogP contribution in [0.1, 0.15) is 0 Å². The lowest BCUT2D eigenvalue weighted by Crippen LogP contribution is -1.88. The van der Waals surface area contributed by atoms with Crippen LogP contribution in [0.15, 0.2) is 0 Å². The van der Waals surface area contributed by atoms with Gasteiger partial charge in [-0.2, -0.15) is 0 Å². The quantitative estimate of drug-likeness (QED) is 0.234. The summed E-state index contributed by atoms with van der Waals surface area (Å²) in [7, 11) is 0.688. The molecule has 0 radical (unpaired) electrons. The smallest absolute Gasteiger partial charge is 0.452 e. The van der Waals surface area contributed by atoms with Gasteiger partial charge in [-0.15, -0.1) is 0 Å². The maximum atomic E-state index is 8.95. The van der Waals surface area contributed by atoms with Crippen LogP contribution < -0.4 is 5.09 Å². The van der Waals surface area contributed by atoms with E-state index in [4.69, 9.17) is 5.21 Å². The molecule has 0 aliphatic heterocycles. The Labute approximate surface area is 32.1 Å². The first kappa shape index (κ1) is 4.24. The lowest BCUT2D eigenvalue weighted by atomic mass is 12.8. The van der Waals surface area contributed by atoms with E-state index in [-0.39, 0.29) is 0 Å². The Bertz CT molecular complexity index is 59.0. The summed E-state index contributed by atoms with van der Waals surface area (Å²) in [5, 5.41) is 16.3. The van der Waals surface area contributed by atoms with E-state index in [9.17, 15) is 0 Å². The van der Waals surface area contributed by atoms with Gasteiger partial charge in [-0.05, 0) is 5.09 Å². The van der Waals surface area contributed by atoms with E-state index in [0.29, 0.717) is 10.4 Å². The second kappa shape index (κ2) is 3.24. The molecule has 5 heteroatoms. The van der Waals surface area contributed by atoms with Gasteiger partial charge in [0.15, 0.2) is 0 Å². The van der Waals surface area contributed by atoms with Crippen LogP contribution in [0.5, 0.6) is 0 Å². The highest BCUT2D eigenvalue weighted by molar-refractivity contribution is 6.04. The van der Waals surface area contributed by atoms with Crippen molar-refractivity contribution in [3.63, 3.8) is 0 Å². The summed E-state index contributed by atoms with van der Waals surface area (Å²) in [5.74, 6) is 0. The van der Waals surface area contributed by atoms with Gasteiger partial charge in [0, 0.05) is 0 Å². The summed E-state index contributed by atoms with van der Waals surface area (Å²) in [6.45, 7) is 0. The molecule has 0 aromatic carbocycles. The Hall–Kier alpha value is -0.763. The fourth-order valence-electron chi connectivity index (χ4n) is 0.0408. The molecule has 0 atom stereocenters. The first-order chi connectivity index (χ1) is 2.41. The second-order valence-corrected chi connectivity index (χ2v) is 0.852. The van der Waals surface area contributed by atoms with E-state index in [0.717, 1.165) is 0 Å². The van der Waals surface area contributed by atoms with Crippen LogP contribution >= 0.6 is 0 Å². The molecule has 0 bridgehead atoms. The van der Waals surface area contributed by atoms with Crippen molar-refractivity contribution in [3.05, 3.63) is 15.4 Å². The van der Waals surface area contributed by atoms with Crippen molar-refractivity contribution in [2.24, 2.45) is 0 Å². The van der Waals surface area contributed by atoms with Gasteiger partial charge in [0.25, 0.3) is 0 Å². The van der Waals surface area contributed by atoms with Crippen LogP contribution in [0, 0.1) is 5.21 Å². The lowest BCUT2D eigenvalue weighted by Gasteiger charge is -1.42. The minimum Gasteiger partial charge on any atom is -0.545 e. The molecule has 0 aromatic rings. The van der Waals surface area contributed by atoms with E-state index in [2.05, 4.69) is 15.3 Å². The standard InChI is InChI=1S/H4N3OSi/c4-2-1-3-5/h3H,5H3/q+1. The number of nitrogens with one attached hydrogen (secondary N) is 1. The van der Waals surface area contributed by atoms with E-state index in [1.54, 1.807) is 0 Å². The van der Waals surface area contributed by atoms with Crippen LogP contribution in [0.2, 0.25) is 0 Å². The van der Waals surface area contributed by atoms with Crippen molar-refractivity contribution in [2.75, 3.05) is 0 Å². The van der Waals surface area contributed by atoms with E-state index in [1.807, 2.05) is 0 Å². The SMILES string of the molecule is [O-][N+]#[N+]N[SiH3]. The summed E-state index contributed by atoms with van der Waals surface area (Å²) < 4.78 is 0. The molecule has 0 unspecified atom stereocenters. The van der Waals surface area contributed by atoms with E-state index >= 15 is 0 Å². The zero-order chi connectivity index (χ0) is 4.12. The minimum atomic E-state index is 0.688. The first-order valence-electron chi connectivity index (χ1n) is 1.11. The number of nitrogens with zero attached hydrogens (tertiary/aromatic N) is 2. The average Bonchev–Trinajstić information content (AvgIpc) is 1.41. The van der Waals surface area contributed by atoms with Gasteiger partial charge >= 0.3 is 15.5 Å². The molecular weight excluding hydrogens is 86.1 g/mol. The van der Waals surface area contributed by atoms with Crippen LogP contribution in [0.25, 0.3) is 10.2 Å². The highest BCUT2D eigenvalue weighted by atomic mass is 28.2. The van der Waals surface area contributed by atoms with E-state index in [1.165, 1.54) is 0 Å². The summed E-state index contributed by atoms with van der Waals surface area (Å²) in [5.41, 5.74) is 0.